The Morgan fingerprint density at radius 2 is 1.85 bits per heavy atom. The first-order valence-electron chi connectivity index (χ1n) is 6.31. The third-order valence-electron chi connectivity index (χ3n) is 3.24. The van der Waals surface area contributed by atoms with Gasteiger partial charge in [0.1, 0.15) is 5.82 Å². The Balaban J connectivity index is 1.99. The summed E-state index contributed by atoms with van der Waals surface area (Å²) in [5.41, 5.74) is 10.6. The largest absolute Gasteiger partial charge is 0.399 e. The van der Waals surface area contributed by atoms with Crippen LogP contribution in [0.5, 0.6) is 0 Å². The van der Waals surface area contributed by atoms with E-state index in [0.717, 1.165) is 38.9 Å². The molecule has 0 fully saturated rings. The number of hydrogen-bond donors (Lipinski definition) is 2. The number of nitrogen functional groups attached to an aromatic ring is 1. The zero-order valence-corrected chi connectivity index (χ0v) is 11.8. The highest BCUT2D eigenvalue weighted by molar-refractivity contribution is 6.30. The minimum atomic E-state index is 0.740. The first-order chi connectivity index (χ1) is 9.63. The van der Waals surface area contributed by atoms with Crippen molar-refractivity contribution in [3.8, 4) is 22.6 Å². The number of aromatic amines is 1. The van der Waals surface area contributed by atoms with Gasteiger partial charge in [0.25, 0.3) is 0 Å². The van der Waals surface area contributed by atoms with Gasteiger partial charge in [-0.25, -0.2) is 4.98 Å². The Labute approximate surface area is 122 Å². The number of imidazole rings is 1. The number of anilines is 1. The molecule has 3 N–H and O–H groups in total. The lowest BCUT2D eigenvalue weighted by atomic mass is 10.1. The molecule has 0 aliphatic rings. The molecular formula is C16H14ClN3. The summed E-state index contributed by atoms with van der Waals surface area (Å²) in [6, 6.07) is 13.5. The summed E-state index contributed by atoms with van der Waals surface area (Å²) in [6.07, 6.45) is 1.84. The maximum absolute atomic E-state index is 5.98. The van der Waals surface area contributed by atoms with Crippen LogP contribution in [0.2, 0.25) is 5.02 Å². The van der Waals surface area contributed by atoms with Gasteiger partial charge in [-0.15, -0.1) is 0 Å². The number of aromatic nitrogens is 2. The second-order valence-corrected chi connectivity index (χ2v) is 5.16. The average Bonchev–Trinajstić information content (AvgIpc) is 2.89. The number of hydrogen-bond acceptors (Lipinski definition) is 2. The van der Waals surface area contributed by atoms with Gasteiger partial charge in [0, 0.05) is 21.8 Å². The molecule has 3 aromatic rings. The van der Waals surface area contributed by atoms with E-state index in [1.165, 1.54) is 0 Å². The number of nitrogens with two attached hydrogens (primary N) is 1. The molecule has 20 heavy (non-hydrogen) atoms. The monoisotopic (exact) mass is 283 g/mol. The van der Waals surface area contributed by atoms with Crippen molar-refractivity contribution < 1.29 is 0 Å². The third kappa shape index (κ3) is 2.40. The summed E-state index contributed by atoms with van der Waals surface area (Å²) in [7, 11) is 0. The lowest BCUT2D eigenvalue weighted by Crippen LogP contribution is -1.86. The van der Waals surface area contributed by atoms with E-state index in [4.69, 9.17) is 17.3 Å². The van der Waals surface area contributed by atoms with E-state index < -0.39 is 0 Å². The zero-order chi connectivity index (χ0) is 14.1. The van der Waals surface area contributed by atoms with Crippen molar-refractivity contribution in [2.75, 3.05) is 5.73 Å². The van der Waals surface area contributed by atoms with Crippen LogP contribution in [0.1, 0.15) is 5.56 Å². The highest BCUT2D eigenvalue weighted by atomic mass is 35.5. The van der Waals surface area contributed by atoms with Gasteiger partial charge in [0.15, 0.2) is 0 Å². The summed E-state index contributed by atoms with van der Waals surface area (Å²) in [6.45, 7) is 2.03. The van der Waals surface area contributed by atoms with Gasteiger partial charge in [-0.3, -0.25) is 0 Å². The molecule has 0 bridgehead atoms. The van der Waals surface area contributed by atoms with Crippen LogP contribution < -0.4 is 5.73 Å². The molecule has 0 radical (unpaired) electrons. The Hall–Kier alpha value is -2.26. The highest BCUT2D eigenvalue weighted by Gasteiger charge is 2.07. The predicted molar refractivity (Wildman–Crippen MR) is 83.6 cm³/mol. The van der Waals surface area contributed by atoms with E-state index in [1.807, 2.05) is 55.6 Å². The van der Waals surface area contributed by atoms with Gasteiger partial charge in [0.05, 0.1) is 11.9 Å². The molecule has 3 nitrogen and oxygen atoms in total. The zero-order valence-electron chi connectivity index (χ0n) is 11.0. The molecular weight excluding hydrogens is 270 g/mol. The van der Waals surface area contributed by atoms with Crippen LogP contribution in [0.15, 0.2) is 48.7 Å². The predicted octanol–water partition coefficient (Wildman–Crippen LogP) is 4.29. The Morgan fingerprint density at radius 3 is 2.55 bits per heavy atom. The van der Waals surface area contributed by atoms with Crippen molar-refractivity contribution >= 4 is 17.3 Å². The molecule has 0 atom stereocenters. The normalized spacial score (nSPS) is 10.7. The fraction of sp³-hybridized carbons (Fsp3) is 0.0625. The van der Waals surface area contributed by atoms with Crippen molar-refractivity contribution in [1.82, 2.24) is 9.97 Å². The van der Waals surface area contributed by atoms with Crippen LogP contribution in [0.4, 0.5) is 5.69 Å². The Bertz CT molecular complexity index is 745. The molecule has 1 heterocycles. The summed E-state index contributed by atoms with van der Waals surface area (Å²) in [5, 5.41) is 0.740. The van der Waals surface area contributed by atoms with Gasteiger partial charge in [0.2, 0.25) is 0 Å². The van der Waals surface area contributed by atoms with E-state index in [2.05, 4.69) is 9.97 Å². The average molecular weight is 284 g/mol. The smallest absolute Gasteiger partial charge is 0.137 e. The Morgan fingerprint density at radius 1 is 1.10 bits per heavy atom. The molecule has 0 amide bonds. The lowest BCUT2D eigenvalue weighted by molar-refractivity contribution is 1.31. The molecule has 0 spiro atoms. The molecule has 0 aliphatic heterocycles. The van der Waals surface area contributed by atoms with Crippen molar-refractivity contribution in [3.05, 3.63) is 59.2 Å². The van der Waals surface area contributed by atoms with Gasteiger partial charge < -0.3 is 10.7 Å². The van der Waals surface area contributed by atoms with Gasteiger partial charge in [-0.1, -0.05) is 17.7 Å². The lowest BCUT2D eigenvalue weighted by Gasteiger charge is -2.03. The van der Waals surface area contributed by atoms with Crippen molar-refractivity contribution in [3.63, 3.8) is 0 Å². The van der Waals surface area contributed by atoms with E-state index >= 15 is 0 Å². The fourth-order valence-electron chi connectivity index (χ4n) is 2.18. The fourth-order valence-corrected chi connectivity index (χ4v) is 2.40. The van der Waals surface area contributed by atoms with E-state index in [-0.39, 0.29) is 0 Å². The number of nitrogens with one attached hydrogen (secondary N) is 1. The topological polar surface area (TPSA) is 54.7 Å². The minimum Gasteiger partial charge on any atom is -0.399 e. The van der Waals surface area contributed by atoms with Crippen molar-refractivity contribution in [1.29, 1.82) is 0 Å². The molecule has 0 aliphatic carbocycles. The number of benzene rings is 2. The van der Waals surface area contributed by atoms with Crippen LogP contribution >= 0.6 is 11.6 Å². The maximum atomic E-state index is 5.98. The minimum absolute atomic E-state index is 0.740. The third-order valence-corrected chi connectivity index (χ3v) is 3.47. The van der Waals surface area contributed by atoms with Crippen LogP contribution in [-0.2, 0) is 0 Å². The molecule has 0 saturated heterocycles. The SMILES string of the molecule is Cc1cc(Cl)ccc1-c1cnc(-c2ccc(N)cc2)[nH]1. The molecule has 4 heteroatoms. The molecule has 0 unspecified atom stereocenters. The van der Waals surface area contributed by atoms with Gasteiger partial charge >= 0.3 is 0 Å². The molecule has 100 valence electrons. The second kappa shape index (κ2) is 5.02. The first-order valence-corrected chi connectivity index (χ1v) is 6.69. The summed E-state index contributed by atoms with van der Waals surface area (Å²) in [5.74, 6) is 0.828. The maximum Gasteiger partial charge on any atom is 0.137 e. The number of halogens is 1. The molecule has 0 saturated carbocycles. The van der Waals surface area contributed by atoms with Crippen LogP contribution in [0.25, 0.3) is 22.6 Å². The van der Waals surface area contributed by atoms with Crippen LogP contribution in [0, 0.1) is 6.92 Å². The van der Waals surface area contributed by atoms with Crippen LogP contribution in [0.3, 0.4) is 0 Å². The first kappa shape index (κ1) is 12.8. The number of H-pyrrole nitrogens is 1. The highest BCUT2D eigenvalue weighted by Crippen LogP contribution is 2.27. The second-order valence-electron chi connectivity index (χ2n) is 4.73. The molecule has 1 aromatic heterocycles. The van der Waals surface area contributed by atoms with Gasteiger partial charge in [-0.2, -0.15) is 0 Å². The molecule has 2 aromatic carbocycles. The van der Waals surface area contributed by atoms with Crippen molar-refractivity contribution in [2.24, 2.45) is 0 Å². The number of nitrogens with zero attached hydrogens (tertiary/aromatic N) is 1. The standard InChI is InChI=1S/C16H14ClN3/c1-10-8-12(17)4-7-14(10)15-9-19-16(20-15)11-2-5-13(18)6-3-11/h2-9H,18H2,1H3,(H,19,20). The van der Waals surface area contributed by atoms with E-state index in [1.54, 1.807) is 0 Å². The van der Waals surface area contributed by atoms with Crippen LogP contribution in [-0.4, -0.2) is 9.97 Å². The Kier molecular flexibility index (Phi) is 3.20. The number of rotatable bonds is 2. The summed E-state index contributed by atoms with van der Waals surface area (Å²) >= 11 is 5.98. The summed E-state index contributed by atoms with van der Waals surface area (Å²) in [4.78, 5) is 7.76. The van der Waals surface area contributed by atoms with E-state index in [0.29, 0.717) is 0 Å². The van der Waals surface area contributed by atoms with Gasteiger partial charge in [-0.05, 0) is 48.9 Å². The quantitative estimate of drug-likeness (QED) is 0.689. The number of aryl methyl sites for hydroxylation is 1. The molecule has 3 rings (SSSR count). The van der Waals surface area contributed by atoms with E-state index in [9.17, 15) is 0 Å². The summed E-state index contributed by atoms with van der Waals surface area (Å²) < 4.78 is 0. The van der Waals surface area contributed by atoms with Crippen molar-refractivity contribution in [2.45, 2.75) is 6.92 Å².